The van der Waals surface area contributed by atoms with E-state index in [1.165, 1.54) is 17.4 Å². The molecule has 0 unspecified atom stereocenters. The molecule has 2 N–H and O–H groups in total. The highest BCUT2D eigenvalue weighted by molar-refractivity contribution is 5.82. The van der Waals surface area contributed by atoms with Crippen molar-refractivity contribution in [2.24, 2.45) is 0 Å². The van der Waals surface area contributed by atoms with E-state index in [2.05, 4.69) is 34.6 Å². The van der Waals surface area contributed by atoms with Crippen LogP contribution in [0.1, 0.15) is 36.7 Å². The minimum Gasteiger partial charge on any atom is -0.461 e. The zero-order valence-corrected chi connectivity index (χ0v) is 12.4. The van der Waals surface area contributed by atoms with E-state index < -0.39 is 0 Å². The Morgan fingerprint density at radius 1 is 1.24 bits per heavy atom. The second-order valence-electron chi connectivity index (χ2n) is 5.31. The number of unbranched alkanes of at least 4 members (excludes halogenated alkanes) is 1. The SMILES string of the molecule is CCCCc1oc2ccccc2c1CNCc1cn[nH]c1. The number of hydrogen-bond donors (Lipinski definition) is 2. The Morgan fingerprint density at radius 3 is 2.95 bits per heavy atom. The standard InChI is InChI=1S/C17H21N3O/c1-2-3-7-17-15(12-18-9-13-10-19-20-11-13)14-6-4-5-8-16(14)21-17/h4-6,8,10-11,18H,2-3,7,9,12H2,1H3,(H,19,20). The molecule has 4 heteroatoms. The molecule has 0 aliphatic rings. The van der Waals surface area contributed by atoms with Crippen LogP contribution >= 0.6 is 0 Å². The molecule has 0 saturated heterocycles. The van der Waals surface area contributed by atoms with Gasteiger partial charge in [0, 0.05) is 42.2 Å². The third kappa shape index (κ3) is 3.16. The number of hydrogen-bond acceptors (Lipinski definition) is 3. The number of nitrogens with zero attached hydrogens (tertiary/aromatic N) is 1. The van der Waals surface area contributed by atoms with Gasteiger partial charge in [-0.1, -0.05) is 31.5 Å². The number of nitrogens with one attached hydrogen (secondary N) is 2. The molecule has 0 fully saturated rings. The molecule has 0 saturated carbocycles. The summed E-state index contributed by atoms with van der Waals surface area (Å²) in [4.78, 5) is 0. The van der Waals surface area contributed by atoms with Crippen molar-refractivity contribution in [2.75, 3.05) is 0 Å². The summed E-state index contributed by atoms with van der Waals surface area (Å²) < 4.78 is 6.03. The number of fused-ring (bicyclic) bond motifs is 1. The maximum absolute atomic E-state index is 6.03. The van der Waals surface area contributed by atoms with Gasteiger partial charge in [0.15, 0.2) is 0 Å². The van der Waals surface area contributed by atoms with E-state index in [1.54, 1.807) is 0 Å². The number of aromatic amines is 1. The van der Waals surface area contributed by atoms with Gasteiger partial charge in [-0.25, -0.2) is 0 Å². The Bertz CT molecular complexity index is 685. The predicted molar refractivity (Wildman–Crippen MR) is 84.0 cm³/mol. The maximum Gasteiger partial charge on any atom is 0.134 e. The van der Waals surface area contributed by atoms with Crippen LogP contribution in [0.4, 0.5) is 0 Å². The summed E-state index contributed by atoms with van der Waals surface area (Å²) in [6.45, 7) is 3.84. The van der Waals surface area contributed by atoms with Crippen molar-refractivity contribution < 1.29 is 4.42 Å². The summed E-state index contributed by atoms with van der Waals surface area (Å²) in [5.74, 6) is 1.12. The van der Waals surface area contributed by atoms with Crippen molar-refractivity contribution in [1.82, 2.24) is 15.5 Å². The van der Waals surface area contributed by atoms with E-state index in [-0.39, 0.29) is 0 Å². The van der Waals surface area contributed by atoms with Gasteiger partial charge in [-0.05, 0) is 12.5 Å². The van der Waals surface area contributed by atoms with Crippen LogP contribution in [0.5, 0.6) is 0 Å². The van der Waals surface area contributed by atoms with Crippen molar-refractivity contribution >= 4 is 11.0 Å². The van der Waals surface area contributed by atoms with Crippen molar-refractivity contribution in [2.45, 2.75) is 39.3 Å². The van der Waals surface area contributed by atoms with Gasteiger partial charge in [-0.2, -0.15) is 5.10 Å². The second-order valence-corrected chi connectivity index (χ2v) is 5.31. The van der Waals surface area contributed by atoms with Crippen LogP contribution in [-0.2, 0) is 19.5 Å². The first kappa shape index (κ1) is 13.9. The number of aryl methyl sites for hydroxylation is 1. The monoisotopic (exact) mass is 283 g/mol. The molecule has 0 spiro atoms. The quantitative estimate of drug-likeness (QED) is 0.693. The third-order valence-electron chi connectivity index (χ3n) is 3.73. The molecule has 2 heterocycles. The fourth-order valence-corrected chi connectivity index (χ4v) is 2.59. The number of aromatic nitrogens is 2. The van der Waals surface area contributed by atoms with Gasteiger partial charge in [0.2, 0.25) is 0 Å². The van der Waals surface area contributed by atoms with E-state index in [9.17, 15) is 0 Å². The van der Waals surface area contributed by atoms with E-state index >= 15 is 0 Å². The molecule has 0 aliphatic carbocycles. The molecule has 3 rings (SSSR count). The third-order valence-corrected chi connectivity index (χ3v) is 3.73. The topological polar surface area (TPSA) is 53.9 Å². The minimum atomic E-state index is 0.809. The predicted octanol–water partition coefficient (Wildman–Crippen LogP) is 3.79. The van der Waals surface area contributed by atoms with Gasteiger partial charge < -0.3 is 9.73 Å². The Hall–Kier alpha value is -2.07. The molecule has 1 aromatic carbocycles. The van der Waals surface area contributed by atoms with Crippen LogP contribution in [0.15, 0.2) is 41.1 Å². The first-order chi connectivity index (χ1) is 10.4. The fourth-order valence-electron chi connectivity index (χ4n) is 2.59. The Labute approximate surface area is 124 Å². The van der Waals surface area contributed by atoms with Crippen LogP contribution in [0.2, 0.25) is 0 Å². The van der Waals surface area contributed by atoms with Crippen LogP contribution in [-0.4, -0.2) is 10.2 Å². The largest absolute Gasteiger partial charge is 0.461 e. The molecule has 4 nitrogen and oxygen atoms in total. The zero-order valence-electron chi connectivity index (χ0n) is 12.4. The number of benzene rings is 1. The summed E-state index contributed by atoms with van der Waals surface area (Å²) in [6, 6.07) is 8.28. The summed E-state index contributed by atoms with van der Waals surface area (Å²) in [6.07, 6.45) is 7.11. The normalized spacial score (nSPS) is 11.3. The average Bonchev–Trinajstić information content (AvgIpc) is 3.13. The Kier molecular flexibility index (Phi) is 4.36. The van der Waals surface area contributed by atoms with Gasteiger partial charge in [0.05, 0.1) is 6.20 Å². The lowest BCUT2D eigenvalue weighted by Crippen LogP contribution is -2.13. The Morgan fingerprint density at radius 2 is 2.14 bits per heavy atom. The van der Waals surface area contributed by atoms with Crippen molar-refractivity contribution in [3.8, 4) is 0 Å². The van der Waals surface area contributed by atoms with Crippen LogP contribution < -0.4 is 5.32 Å². The first-order valence-electron chi connectivity index (χ1n) is 7.56. The molecule has 0 atom stereocenters. The number of H-pyrrole nitrogens is 1. The van der Waals surface area contributed by atoms with Crippen molar-refractivity contribution in [3.63, 3.8) is 0 Å². The average molecular weight is 283 g/mol. The molecule has 3 aromatic rings. The van der Waals surface area contributed by atoms with Gasteiger partial charge in [-0.3, -0.25) is 5.10 Å². The van der Waals surface area contributed by atoms with E-state index in [0.717, 1.165) is 42.8 Å². The molecule has 110 valence electrons. The van der Waals surface area contributed by atoms with Crippen molar-refractivity contribution in [3.05, 3.63) is 53.5 Å². The number of rotatable bonds is 7. The highest BCUT2D eigenvalue weighted by atomic mass is 16.3. The number of para-hydroxylation sites is 1. The molecule has 21 heavy (non-hydrogen) atoms. The highest BCUT2D eigenvalue weighted by Gasteiger charge is 2.13. The minimum absolute atomic E-state index is 0.809. The van der Waals surface area contributed by atoms with Crippen molar-refractivity contribution in [1.29, 1.82) is 0 Å². The lowest BCUT2D eigenvalue weighted by atomic mass is 10.1. The first-order valence-corrected chi connectivity index (χ1v) is 7.56. The van der Waals surface area contributed by atoms with E-state index in [1.807, 2.05) is 24.5 Å². The molecule has 0 amide bonds. The van der Waals surface area contributed by atoms with Gasteiger partial charge >= 0.3 is 0 Å². The summed E-state index contributed by atoms with van der Waals surface area (Å²) in [7, 11) is 0. The summed E-state index contributed by atoms with van der Waals surface area (Å²) >= 11 is 0. The molecular weight excluding hydrogens is 262 g/mol. The zero-order chi connectivity index (χ0) is 14.5. The Balaban J connectivity index is 1.77. The molecule has 2 aromatic heterocycles. The van der Waals surface area contributed by atoms with E-state index in [0.29, 0.717) is 0 Å². The van der Waals surface area contributed by atoms with Gasteiger partial charge in [0.1, 0.15) is 11.3 Å². The smallest absolute Gasteiger partial charge is 0.134 e. The fraction of sp³-hybridized carbons (Fsp3) is 0.353. The van der Waals surface area contributed by atoms with Gasteiger partial charge in [0.25, 0.3) is 0 Å². The highest BCUT2D eigenvalue weighted by Crippen LogP contribution is 2.27. The van der Waals surface area contributed by atoms with Crippen LogP contribution in [0.3, 0.4) is 0 Å². The van der Waals surface area contributed by atoms with Gasteiger partial charge in [-0.15, -0.1) is 0 Å². The lowest BCUT2D eigenvalue weighted by molar-refractivity contribution is 0.524. The molecule has 0 radical (unpaired) electrons. The molecular formula is C17H21N3O. The summed E-state index contributed by atoms with van der Waals surface area (Å²) in [5, 5.41) is 11.5. The molecule has 0 aliphatic heterocycles. The number of furan rings is 1. The maximum atomic E-state index is 6.03. The van der Waals surface area contributed by atoms with E-state index in [4.69, 9.17) is 4.42 Å². The molecule has 0 bridgehead atoms. The lowest BCUT2D eigenvalue weighted by Gasteiger charge is -2.04. The second kappa shape index (κ2) is 6.59. The van der Waals surface area contributed by atoms with Crippen LogP contribution in [0.25, 0.3) is 11.0 Å². The summed E-state index contributed by atoms with van der Waals surface area (Å²) in [5.41, 5.74) is 3.45. The van der Waals surface area contributed by atoms with Crippen LogP contribution in [0, 0.1) is 0 Å².